The zero-order valence-electron chi connectivity index (χ0n) is 11.3. The predicted molar refractivity (Wildman–Crippen MR) is 71.7 cm³/mol. The molecule has 0 radical (unpaired) electrons. The first-order valence-corrected chi connectivity index (χ1v) is 6.83. The molecule has 0 aromatic carbocycles. The van der Waals surface area contributed by atoms with Gasteiger partial charge in [-0.1, -0.05) is 33.1 Å². The average molecular weight is 234 g/mol. The van der Waals surface area contributed by atoms with Crippen molar-refractivity contribution < 1.29 is 4.90 Å². The fraction of sp³-hybridized carbons (Fsp3) is 0.667. The largest absolute Gasteiger partial charge is 0.512 e. The second-order valence-electron chi connectivity index (χ2n) is 4.54. The van der Waals surface area contributed by atoms with Gasteiger partial charge in [0.25, 0.3) is 0 Å². The van der Waals surface area contributed by atoms with Gasteiger partial charge in [-0.2, -0.15) is 0 Å². The molecule has 96 valence electrons. The van der Waals surface area contributed by atoms with Gasteiger partial charge >= 0.3 is 0 Å². The lowest BCUT2D eigenvalue weighted by atomic mass is 10.1. The molecule has 0 fully saturated rings. The Kier molecular flexibility index (Phi) is 10.7. The molecule has 0 saturated carbocycles. The molecule has 1 aliphatic rings. The van der Waals surface area contributed by atoms with E-state index in [0.717, 1.165) is 0 Å². The minimum absolute atomic E-state index is 1.27. The highest BCUT2D eigenvalue weighted by molar-refractivity contribution is 5.17. The van der Waals surface area contributed by atoms with Crippen LogP contribution in [0.2, 0.25) is 0 Å². The summed E-state index contributed by atoms with van der Waals surface area (Å²) >= 11 is 0. The van der Waals surface area contributed by atoms with Crippen molar-refractivity contribution in [2.24, 2.45) is 0 Å². The lowest BCUT2D eigenvalue weighted by molar-refractivity contribution is -0.788. The van der Waals surface area contributed by atoms with Crippen LogP contribution in [0.5, 0.6) is 0 Å². The Labute approximate surface area is 107 Å². The van der Waals surface area contributed by atoms with Crippen molar-refractivity contribution in [1.29, 1.82) is 5.26 Å². The van der Waals surface area contributed by atoms with E-state index in [0.29, 0.717) is 0 Å². The van der Waals surface area contributed by atoms with Crippen LogP contribution in [0.3, 0.4) is 0 Å². The third-order valence-electron chi connectivity index (χ3n) is 3.02. The molecule has 17 heavy (non-hydrogen) atoms. The highest BCUT2D eigenvalue weighted by atomic mass is 15.1. The van der Waals surface area contributed by atoms with Crippen LogP contribution in [-0.2, 0) is 0 Å². The Hall–Kier alpha value is -1.07. The van der Waals surface area contributed by atoms with Crippen LogP contribution in [-0.4, -0.2) is 6.54 Å². The quantitative estimate of drug-likeness (QED) is 0.507. The monoisotopic (exact) mass is 234 g/mol. The number of quaternary nitrogens is 1. The molecule has 1 atom stereocenters. The van der Waals surface area contributed by atoms with Gasteiger partial charge in [0.1, 0.15) is 6.20 Å². The molecule has 0 aromatic heterocycles. The van der Waals surface area contributed by atoms with Crippen LogP contribution < -0.4 is 4.90 Å². The minimum atomic E-state index is 1.27. The highest BCUT2D eigenvalue weighted by Crippen LogP contribution is 2.08. The van der Waals surface area contributed by atoms with Gasteiger partial charge in [-0.25, -0.2) is 0 Å². The summed E-state index contributed by atoms with van der Waals surface area (Å²) in [6.07, 6.45) is 16.4. The summed E-state index contributed by atoms with van der Waals surface area (Å²) in [5.74, 6) is 0. The SMILES string of the molecule is CCCCCC[NH+]1C=CC(CCCC)=C1.[C-]#N. The number of hydrogen-bond donors (Lipinski definition) is 1. The van der Waals surface area contributed by atoms with Gasteiger partial charge in [-0.15, -0.1) is 0 Å². The minimum Gasteiger partial charge on any atom is -0.512 e. The maximum absolute atomic E-state index is 6.25. The molecule has 1 rings (SSSR count). The first-order valence-electron chi connectivity index (χ1n) is 6.83. The summed E-state index contributed by atoms with van der Waals surface area (Å²) in [5, 5.41) is 6.25. The Bertz CT molecular complexity index is 251. The summed E-state index contributed by atoms with van der Waals surface area (Å²) in [7, 11) is 0. The van der Waals surface area contributed by atoms with Crippen molar-refractivity contribution in [1.82, 2.24) is 0 Å². The number of nitrogens with one attached hydrogen (secondary N) is 1. The van der Waals surface area contributed by atoms with Gasteiger partial charge in [0.2, 0.25) is 0 Å². The Morgan fingerprint density at radius 2 is 1.76 bits per heavy atom. The van der Waals surface area contributed by atoms with Crippen molar-refractivity contribution in [3.8, 4) is 0 Å². The molecule has 0 amide bonds. The maximum atomic E-state index is 6.25. The molecule has 1 heterocycles. The zero-order valence-corrected chi connectivity index (χ0v) is 11.3. The van der Waals surface area contributed by atoms with Gasteiger partial charge < -0.3 is 11.8 Å². The number of allylic oxidation sites excluding steroid dienone is 2. The third kappa shape index (κ3) is 7.76. The first kappa shape index (κ1) is 15.9. The van der Waals surface area contributed by atoms with E-state index >= 15 is 0 Å². The first-order chi connectivity index (χ1) is 8.36. The van der Waals surface area contributed by atoms with Gasteiger partial charge in [0, 0.05) is 11.6 Å². The molecule has 0 aliphatic carbocycles. The van der Waals surface area contributed by atoms with E-state index in [1.54, 1.807) is 10.5 Å². The van der Waals surface area contributed by atoms with Crippen LogP contribution in [0.4, 0.5) is 0 Å². The molecule has 2 nitrogen and oxygen atoms in total. The van der Waals surface area contributed by atoms with Crippen molar-refractivity contribution >= 4 is 0 Å². The van der Waals surface area contributed by atoms with Crippen LogP contribution in [0, 0.1) is 11.8 Å². The molecular weight excluding hydrogens is 208 g/mol. The van der Waals surface area contributed by atoms with Crippen molar-refractivity contribution in [3.63, 3.8) is 0 Å². The molecule has 1 unspecified atom stereocenters. The summed E-state index contributed by atoms with van der Waals surface area (Å²) in [6.45, 7) is 10.6. The average Bonchev–Trinajstić information content (AvgIpc) is 2.82. The van der Waals surface area contributed by atoms with Gasteiger partial charge in [-0.05, 0) is 25.7 Å². The Morgan fingerprint density at radius 1 is 1.06 bits per heavy atom. The van der Waals surface area contributed by atoms with Crippen molar-refractivity contribution in [2.45, 2.75) is 58.8 Å². The van der Waals surface area contributed by atoms with E-state index in [-0.39, 0.29) is 0 Å². The van der Waals surface area contributed by atoms with Crippen LogP contribution >= 0.6 is 0 Å². The number of rotatable bonds is 8. The normalized spacial score (nSPS) is 17.4. The number of hydrogen-bond acceptors (Lipinski definition) is 1. The third-order valence-corrected chi connectivity index (χ3v) is 3.02. The molecule has 0 aromatic rings. The van der Waals surface area contributed by atoms with E-state index in [1.165, 1.54) is 51.5 Å². The summed E-state index contributed by atoms with van der Waals surface area (Å²) in [5.41, 5.74) is 1.54. The maximum Gasteiger partial charge on any atom is 0.102 e. The van der Waals surface area contributed by atoms with E-state index in [1.807, 2.05) is 0 Å². The predicted octanol–water partition coefficient (Wildman–Crippen LogP) is 3.15. The molecule has 0 spiro atoms. The smallest absolute Gasteiger partial charge is 0.102 e. The molecular formula is C15H26N2. The second kappa shape index (κ2) is 11.4. The van der Waals surface area contributed by atoms with Crippen molar-refractivity contribution in [2.75, 3.05) is 6.54 Å². The lowest BCUT2D eigenvalue weighted by Gasteiger charge is -2.05. The second-order valence-corrected chi connectivity index (χ2v) is 4.54. The fourth-order valence-electron chi connectivity index (χ4n) is 2.00. The number of unbranched alkanes of at least 4 members (excludes halogenated alkanes) is 4. The van der Waals surface area contributed by atoms with E-state index in [4.69, 9.17) is 11.8 Å². The van der Waals surface area contributed by atoms with Gasteiger partial charge in [-0.3, -0.25) is 4.90 Å². The summed E-state index contributed by atoms with van der Waals surface area (Å²) in [6, 6.07) is 0. The van der Waals surface area contributed by atoms with E-state index < -0.39 is 0 Å². The Balaban J connectivity index is 0.00000121. The van der Waals surface area contributed by atoms with Gasteiger partial charge in [0.05, 0.1) is 12.7 Å². The highest BCUT2D eigenvalue weighted by Gasteiger charge is 2.09. The summed E-state index contributed by atoms with van der Waals surface area (Å²) < 4.78 is 0. The molecule has 1 N–H and O–H groups in total. The van der Waals surface area contributed by atoms with Crippen molar-refractivity contribution in [3.05, 3.63) is 30.6 Å². The summed E-state index contributed by atoms with van der Waals surface area (Å²) in [4.78, 5) is 1.55. The van der Waals surface area contributed by atoms with E-state index in [2.05, 4.69) is 32.3 Å². The zero-order chi connectivity index (χ0) is 12.9. The fourth-order valence-corrected chi connectivity index (χ4v) is 2.00. The van der Waals surface area contributed by atoms with Crippen LogP contribution in [0.15, 0.2) is 24.0 Å². The van der Waals surface area contributed by atoms with Crippen LogP contribution in [0.25, 0.3) is 0 Å². The lowest BCUT2D eigenvalue weighted by Crippen LogP contribution is -3.01. The molecule has 0 saturated heterocycles. The van der Waals surface area contributed by atoms with E-state index in [9.17, 15) is 0 Å². The number of nitrogens with zero attached hydrogens (tertiary/aromatic N) is 1. The Morgan fingerprint density at radius 3 is 2.41 bits per heavy atom. The van der Waals surface area contributed by atoms with Gasteiger partial charge in [0.15, 0.2) is 0 Å². The molecule has 2 heteroatoms. The molecule has 1 aliphatic heterocycles. The molecule has 0 bridgehead atoms. The topological polar surface area (TPSA) is 28.2 Å². The standard InChI is InChI=1S/C14H25N.CN/c1-3-5-7-8-11-15-12-10-14(13-15)9-6-4-2;1-2/h10,12-13H,3-9,11H2,1-2H3;/q;-1/p+1. The van der Waals surface area contributed by atoms with Crippen LogP contribution in [0.1, 0.15) is 58.8 Å².